The van der Waals surface area contributed by atoms with Gasteiger partial charge in [0.15, 0.2) is 0 Å². The minimum absolute atomic E-state index is 0.319. The van der Waals surface area contributed by atoms with Crippen LogP contribution in [-0.4, -0.2) is 25.2 Å². The van der Waals surface area contributed by atoms with Gasteiger partial charge in [-0.25, -0.2) is 9.78 Å². The molecule has 0 N–H and O–H groups in total. The number of ether oxygens (including phenoxy) is 2. The van der Waals surface area contributed by atoms with E-state index in [1.165, 1.54) is 7.11 Å². The number of esters is 1. The first-order valence-corrected chi connectivity index (χ1v) is 6.26. The maximum atomic E-state index is 11.4. The maximum absolute atomic E-state index is 11.4. The molecule has 4 nitrogen and oxygen atoms in total. The third kappa shape index (κ3) is 2.64. The van der Waals surface area contributed by atoms with Gasteiger partial charge in [-0.1, -0.05) is 6.07 Å². The highest BCUT2D eigenvalue weighted by atomic mass is 16.5. The molecule has 1 heterocycles. The van der Waals surface area contributed by atoms with Crippen LogP contribution in [0, 0.1) is 13.8 Å². The lowest BCUT2D eigenvalue weighted by molar-refractivity contribution is 0.0594. The minimum Gasteiger partial charge on any atom is -0.496 e. The third-order valence-corrected chi connectivity index (χ3v) is 3.21. The van der Waals surface area contributed by atoms with Gasteiger partial charge in [0.2, 0.25) is 0 Å². The van der Waals surface area contributed by atoms with Crippen LogP contribution >= 0.6 is 0 Å². The molecular formula is C16H17NO3. The van der Waals surface area contributed by atoms with Gasteiger partial charge in [0.1, 0.15) is 11.4 Å². The van der Waals surface area contributed by atoms with Crippen LogP contribution in [0.15, 0.2) is 30.5 Å². The molecule has 104 valence electrons. The van der Waals surface area contributed by atoms with Gasteiger partial charge in [-0.2, -0.15) is 0 Å². The summed E-state index contributed by atoms with van der Waals surface area (Å²) in [5.74, 6) is 0.427. The van der Waals surface area contributed by atoms with Crippen LogP contribution in [0.4, 0.5) is 0 Å². The second-order valence-electron chi connectivity index (χ2n) is 4.56. The largest absolute Gasteiger partial charge is 0.496 e. The number of benzene rings is 1. The minimum atomic E-state index is -0.425. The van der Waals surface area contributed by atoms with Crippen molar-refractivity contribution in [1.82, 2.24) is 4.98 Å². The zero-order valence-electron chi connectivity index (χ0n) is 12.1. The van der Waals surface area contributed by atoms with Crippen molar-refractivity contribution >= 4 is 5.97 Å². The number of carbonyl (C=O) groups excluding carboxylic acids is 1. The summed E-state index contributed by atoms with van der Waals surface area (Å²) in [6.07, 6.45) is 1.70. The highest BCUT2D eigenvalue weighted by molar-refractivity contribution is 5.88. The molecule has 4 heteroatoms. The van der Waals surface area contributed by atoms with Gasteiger partial charge in [0.25, 0.3) is 0 Å². The van der Waals surface area contributed by atoms with Gasteiger partial charge in [-0.3, -0.25) is 0 Å². The number of pyridine rings is 1. The Kier molecular flexibility index (Phi) is 4.03. The highest BCUT2D eigenvalue weighted by Crippen LogP contribution is 2.28. The van der Waals surface area contributed by atoms with Crippen LogP contribution < -0.4 is 4.74 Å². The fraction of sp³-hybridized carbons (Fsp3) is 0.250. The number of hydrogen-bond acceptors (Lipinski definition) is 4. The summed E-state index contributed by atoms with van der Waals surface area (Å²) < 4.78 is 9.92. The molecule has 1 aromatic heterocycles. The van der Waals surface area contributed by atoms with Gasteiger partial charge >= 0.3 is 5.97 Å². The summed E-state index contributed by atoms with van der Waals surface area (Å²) >= 11 is 0. The lowest BCUT2D eigenvalue weighted by Crippen LogP contribution is -2.04. The van der Waals surface area contributed by atoms with Crippen molar-refractivity contribution in [2.75, 3.05) is 14.2 Å². The average Bonchev–Trinajstić information content (AvgIpc) is 2.46. The number of carbonyl (C=O) groups is 1. The van der Waals surface area contributed by atoms with E-state index < -0.39 is 5.97 Å². The van der Waals surface area contributed by atoms with Gasteiger partial charge < -0.3 is 9.47 Å². The number of aromatic nitrogens is 1. The maximum Gasteiger partial charge on any atom is 0.356 e. The molecule has 2 aromatic rings. The topological polar surface area (TPSA) is 48.4 Å². The van der Waals surface area contributed by atoms with Crippen molar-refractivity contribution in [3.63, 3.8) is 0 Å². The van der Waals surface area contributed by atoms with Gasteiger partial charge in [0, 0.05) is 11.8 Å². The Morgan fingerprint density at radius 3 is 2.40 bits per heavy atom. The molecule has 0 saturated carbocycles. The molecule has 0 saturated heterocycles. The zero-order valence-corrected chi connectivity index (χ0v) is 12.1. The second-order valence-corrected chi connectivity index (χ2v) is 4.56. The number of hydrogen-bond donors (Lipinski definition) is 0. The zero-order chi connectivity index (χ0) is 14.7. The van der Waals surface area contributed by atoms with Crippen molar-refractivity contribution in [3.8, 4) is 16.9 Å². The second kappa shape index (κ2) is 5.74. The Morgan fingerprint density at radius 1 is 1.10 bits per heavy atom. The van der Waals surface area contributed by atoms with Crippen LogP contribution in [0.25, 0.3) is 11.1 Å². The van der Waals surface area contributed by atoms with Crippen LogP contribution in [0.3, 0.4) is 0 Å². The van der Waals surface area contributed by atoms with Crippen molar-refractivity contribution in [3.05, 3.63) is 47.3 Å². The molecule has 0 fully saturated rings. The van der Waals surface area contributed by atoms with Crippen molar-refractivity contribution in [1.29, 1.82) is 0 Å². The smallest absolute Gasteiger partial charge is 0.356 e. The van der Waals surface area contributed by atoms with E-state index in [2.05, 4.69) is 9.72 Å². The summed E-state index contributed by atoms with van der Waals surface area (Å²) in [6, 6.07) is 7.69. The molecule has 0 aliphatic heterocycles. The van der Waals surface area contributed by atoms with E-state index in [1.807, 2.05) is 32.0 Å². The Bertz CT molecular complexity index is 650. The predicted octanol–water partition coefficient (Wildman–Crippen LogP) is 3.16. The molecule has 0 spiro atoms. The van der Waals surface area contributed by atoms with Crippen LogP contribution in [0.2, 0.25) is 0 Å². The molecule has 2 rings (SSSR count). The van der Waals surface area contributed by atoms with E-state index in [0.717, 1.165) is 28.0 Å². The van der Waals surface area contributed by atoms with Crippen molar-refractivity contribution in [2.45, 2.75) is 13.8 Å². The molecule has 0 radical (unpaired) electrons. The number of aryl methyl sites for hydroxylation is 2. The predicted molar refractivity (Wildman–Crippen MR) is 77.0 cm³/mol. The highest BCUT2D eigenvalue weighted by Gasteiger charge is 2.11. The molecule has 0 aliphatic carbocycles. The Morgan fingerprint density at radius 2 is 1.85 bits per heavy atom. The monoisotopic (exact) mass is 271 g/mol. The molecule has 0 amide bonds. The SMILES string of the molecule is COC(=O)c1cc(C)c(-c2ccc(OC)c(C)c2)cn1. The number of nitrogens with zero attached hydrogens (tertiary/aromatic N) is 1. The molecule has 0 unspecified atom stereocenters. The summed E-state index contributed by atoms with van der Waals surface area (Å²) in [7, 11) is 3.00. The first-order chi connectivity index (χ1) is 9.56. The van der Waals surface area contributed by atoms with Gasteiger partial charge in [-0.15, -0.1) is 0 Å². The first-order valence-electron chi connectivity index (χ1n) is 6.26. The molecule has 0 aliphatic rings. The molecular weight excluding hydrogens is 254 g/mol. The van der Waals surface area contributed by atoms with Crippen molar-refractivity contribution in [2.24, 2.45) is 0 Å². The normalized spacial score (nSPS) is 10.2. The van der Waals surface area contributed by atoms with E-state index in [4.69, 9.17) is 4.74 Å². The number of rotatable bonds is 3. The summed E-state index contributed by atoms with van der Waals surface area (Å²) in [5, 5.41) is 0. The lowest BCUT2D eigenvalue weighted by Gasteiger charge is -2.10. The average molecular weight is 271 g/mol. The van der Waals surface area contributed by atoms with Crippen LogP contribution in [0.1, 0.15) is 21.6 Å². The Hall–Kier alpha value is -2.36. The van der Waals surface area contributed by atoms with E-state index in [1.54, 1.807) is 19.4 Å². The fourth-order valence-electron chi connectivity index (χ4n) is 2.12. The quantitative estimate of drug-likeness (QED) is 0.804. The van der Waals surface area contributed by atoms with Gasteiger partial charge in [-0.05, 0) is 48.7 Å². The van der Waals surface area contributed by atoms with Gasteiger partial charge in [0.05, 0.1) is 14.2 Å². The third-order valence-electron chi connectivity index (χ3n) is 3.21. The molecule has 0 bridgehead atoms. The summed E-state index contributed by atoms with van der Waals surface area (Å²) in [6.45, 7) is 3.94. The Balaban J connectivity index is 2.43. The lowest BCUT2D eigenvalue weighted by atomic mass is 10.00. The standard InChI is InChI=1S/C16H17NO3/c1-10-8-14(16(18)20-4)17-9-13(10)12-5-6-15(19-3)11(2)7-12/h5-9H,1-4H3. The molecule has 0 atom stereocenters. The Labute approximate surface area is 118 Å². The fourth-order valence-corrected chi connectivity index (χ4v) is 2.12. The summed E-state index contributed by atoms with van der Waals surface area (Å²) in [5.41, 5.74) is 4.39. The van der Waals surface area contributed by atoms with Crippen LogP contribution in [-0.2, 0) is 4.74 Å². The van der Waals surface area contributed by atoms with E-state index in [0.29, 0.717) is 5.69 Å². The molecule has 1 aromatic carbocycles. The molecule has 20 heavy (non-hydrogen) atoms. The first kappa shape index (κ1) is 14.1. The van der Waals surface area contributed by atoms with Crippen molar-refractivity contribution < 1.29 is 14.3 Å². The van der Waals surface area contributed by atoms with E-state index in [-0.39, 0.29) is 0 Å². The van der Waals surface area contributed by atoms with E-state index >= 15 is 0 Å². The summed E-state index contributed by atoms with van der Waals surface area (Å²) in [4.78, 5) is 15.6. The van der Waals surface area contributed by atoms with Crippen LogP contribution in [0.5, 0.6) is 5.75 Å². The van der Waals surface area contributed by atoms with E-state index in [9.17, 15) is 4.79 Å². The number of methoxy groups -OCH3 is 2.